The molecule has 2 nitrogen and oxygen atoms in total. The van der Waals surface area contributed by atoms with Crippen LogP contribution in [0.4, 0.5) is 0 Å². The van der Waals surface area contributed by atoms with Crippen molar-refractivity contribution in [3.8, 4) is 0 Å². The second-order valence-corrected chi connectivity index (χ2v) is 3.87. The largest absolute Gasteiger partial charge is 0.396 e. The molecule has 0 saturated carbocycles. The van der Waals surface area contributed by atoms with Gasteiger partial charge in [-0.3, -0.25) is 0 Å². The maximum Gasteiger partial charge on any atom is 0.0791 e. The third-order valence-electron chi connectivity index (χ3n) is 1.96. The summed E-state index contributed by atoms with van der Waals surface area (Å²) in [6.07, 6.45) is 0.507. The number of halogens is 2. The first-order valence-corrected chi connectivity index (χ1v) is 5.14. The van der Waals surface area contributed by atoms with Gasteiger partial charge in [0.15, 0.2) is 0 Å². The molecule has 1 rings (SSSR count). The molecule has 1 aromatic carbocycles. The number of hydrogen-bond acceptors (Lipinski definition) is 2. The van der Waals surface area contributed by atoms with Gasteiger partial charge in [-0.15, -0.1) is 0 Å². The minimum absolute atomic E-state index is 0.0817. The van der Waals surface area contributed by atoms with Gasteiger partial charge in [-0.05, 0) is 30.5 Å². The summed E-state index contributed by atoms with van der Waals surface area (Å²) in [5.74, 6) is 0. The van der Waals surface area contributed by atoms with Gasteiger partial charge in [-0.2, -0.15) is 0 Å². The molecule has 0 heterocycles. The molecule has 0 amide bonds. The van der Waals surface area contributed by atoms with E-state index in [0.29, 0.717) is 22.9 Å². The molecule has 0 aliphatic heterocycles. The molecule has 0 unspecified atom stereocenters. The molecule has 0 aliphatic carbocycles. The second-order valence-electron chi connectivity index (χ2n) is 3.06. The van der Waals surface area contributed by atoms with Crippen molar-refractivity contribution in [3.05, 3.63) is 33.8 Å². The molecule has 2 N–H and O–H groups in total. The molecule has 0 radical (unpaired) electrons. The van der Waals surface area contributed by atoms with Gasteiger partial charge >= 0.3 is 0 Å². The van der Waals surface area contributed by atoms with Crippen molar-refractivity contribution in [2.45, 2.75) is 18.9 Å². The van der Waals surface area contributed by atoms with Crippen LogP contribution in [0.5, 0.6) is 0 Å². The average Bonchev–Trinajstić information content (AvgIpc) is 2.18. The van der Waals surface area contributed by atoms with E-state index in [-0.39, 0.29) is 6.61 Å². The first kappa shape index (κ1) is 11.8. The van der Waals surface area contributed by atoms with E-state index in [1.807, 2.05) is 0 Å². The van der Waals surface area contributed by atoms with Crippen LogP contribution in [0.2, 0.25) is 10.0 Å². The standard InChI is InChI=1S/C10H12Cl2O2/c11-8-4-3-7(6-9(8)12)10(14)2-1-5-13/h3-4,6,10,13-14H,1-2,5H2/t10-/m1/s1. The number of benzene rings is 1. The highest BCUT2D eigenvalue weighted by Gasteiger charge is 2.08. The predicted octanol–water partition coefficient (Wildman–Crippen LogP) is 2.80. The third-order valence-corrected chi connectivity index (χ3v) is 2.70. The van der Waals surface area contributed by atoms with Crippen LogP contribution < -0.4 is 0 Å². The molecule has 0 bridgehead atoms. The van der Waals surface area contributed by atoms with Crippen molar-refractivity contribution in [1.29, 1.82) is 0 Å². The lowest BCUT2D eigenvalue weighted by atomic mass is 10.1. The highest BCUT2D eigenvalue weighted by atomic mass is 35.5. The summed E-state index contributed by atoms with van der Waals surface area (Å²) in [5, 5.41) is 19.2. The summed E-state index contributed by atoms with van der Waals surface area (Å²) in [4.78, 5) is 0. The maximum absolute atomic E-state index is 9.65. The van der Waals surface area contributed by atoms with Crippen LogP contribution in [0.1, 0.15) is 24.5 Å². The lowest BCUT2D eigenvalue weighted by molar-refractivity contribution is 0.152. The van der Waals surface area contributed by atoms with Crippen LogP contribution in [0, 0.1) is 0 Å². The molecule has 78 valence electrons. The van der Waals surface area contributed by atoms with Crippen LogP contribution in [-0.4, -0.2) is 16.8 Å². The number of aliphatic hydroxyl groups is 2. The predicted molar refractivity (Wildman–Crippen MR) is 57.7 cm³/mol. The van der Waals surface area contributed by atoms with Gasteiger partial charge in [0.05, 0.1) is 16.1 Å². The van der Waals surface area contributed by atoms with E-state index in [9.17, 15) is 5.11 Å². The quantitative estimate of drug-likeness (QED) is 0.842. The lowest BCUT2D eigenvalue weighted by Crippen LogP contribution is -1.98. The fourth-order valence-corrected chi connectivity index (χ4v) is 1.48. The SMILES string of the molecule is OCCC[C@@H](O)c1ccc(Cl)c(Cl)c1. The number of hydrogen-bond donors (Lipinski definition) is 2. The average molecular weight is 235 g/mol. The monoisotopic (exact) mass is 234 g/mol. The fraction of sp³-hybridized carbons (Fsp3) is 0.400. The van der Waals surface area contributed by atoms with Crippen LogP contribution in [0.15, 0.2) is 18.2 Å². The van der Waals surface area contributed by atoms with Gasteiger partial charge in [-0.25, -0.2) is 0 Å². The molecule has 1 atom stereocenters. The molecule has 4 heteroatoms. The van der Waals surface area contributed by atoms with E-state index in [1.165, 1.54) is 0 Å². The summed E-state index contributed by atoms with van der Waals surface area (Å²) >= 11 is 11.5. The summed E-state index contributed by atoms with van der Waals surface area (Å²) in [7, 11) is 0. The van der Waals surface area contributed by atoms with Crippen LogP contribution in [-0.2, 0) is 0 Å². The van der Waals surface area contributed by atoms with Crippen molar-refractivity contribution < 1.29 is 10.2 Å². The maximum atomic E-state index is 9.65. The molecule has 0 fully saturated rings. The topological polar surface area (TPSA) is 40.5 Å². The first-order chi connectivity index (χ1) is 6.65. The molecule has 0 aromatic heterocycles. The zero-order chi connectivity index (χ0) is 10.6. The normalized spacial score (nSPS) is 12.9. The van der Waals surface area contributed by atoms with Crippen molar-refractivity contribution >= 4 is 23.2 Å². The minimum Gasteiger partial charge on any atom is -0.396 e. The molecule has 0 saturated heterocycles. The molecule has 14 heavy (non-hydrogen) atoms. The highest BCUT2D eigenvalue weighted by molar-refractivity contribution is 6.42. The minimum atomic E-state index is -0.586. The van der Waals surface area contributed by atoms with Crippen LogP contribution in [0.3, 0.4) is 0 Å². The van der Waals surface area contributed by atoms with Crippen molar-refractivity contribution in [1.82, 2.24) is 0 Å². The summed E-state index contributed by atoms with van der Waals surface area (Å²) in [6, 6.07) is 5.03. The van der Waals surface area contributed by atoms with Crippen LogP contribution in [0.25, 0.3) is 0 Å². The molecule has 0 aliphatic rings. The Morgan fingerprint density at radius 3 is 2.50 bits per heavy atom. The molecular formula is C10H12Cl2O2. The smallest absolute Gasteiger partial charge is 0.0791 e. The fourth-order valence-electron chi connectivity index (χ4n) is 1.17. The van der Waals surface area contributed by atoms with Crippen molar-refractivity contribution in [2.75, 3.05) is 6.61 Å². The van der Waals surface area contributed by atoms with E-state index < -0.39 is 6.10 Å². The van der Waals surface area contributed by atoms with E-state index in [0.717, 1.165) is 5.56 Å². The first-order valence-electron chi connectivity index (χ1n) is 4.39. The summed E-state index contributed by atoms with van der Waals surface area (Å²) < 4.78 is 0. The zero-order valence-electron chi connectivity index (χ0n) is 7.58. The Kier molecular flexibility index (Phi) is 4.69. The number of rotatable bonds is 4. The van der Waals surface area contributed by atoms with Crippen molar-refractivity contribution in [2.24, 2.45) is 0 Å². The van der Waals surface area contributed by atoms with Gasteiger partial charge < -0.3 is 10.2 Å². The Hall–Kier alpha value is -0.280. The highest BCUT2D eigenvalue weighted by Crippen LogP contribution is 2.27. The van der Waals surface area contributed by atoms with Crippen LogP contribution >= 0.6 is 23.2 Å². The Morgan fingerprint density at radius 2 is 1.93 bits per heavy atom. The zero-order valence-corrected chi connectivity index (χ0v) is 9.09. The lowest BCUT2D eigenvalue weighted by Gasteiger charge is -2.10. The van der Waals surface area contributed by atoms with E-state index in [1.54, 1.807) is 18.2 Å². The summed E-state index contributed by atoms with van der Waals surface area (Å²) in [5.41, 5.74) is 0.729. The van der Waals surface area contributed by atoms with Gasteiger partial charge in [-0.1, -0.05) is 29.3 Å². The van der Waals surface area contributed by atoms with E-state index >= 15 is 0 Å². The third kappa shape index (κ3) is 3.14. The second kappa shape index (κ2) is 5.56. The van der Waals surface area contributed by atoms with Crippen molar-refractivity contribution in [3.63, 3.8) is 0 Å². The van der Waals surface area contributed by atoms with E-state index in [2.05, 4.69) is 0 Å². The molecule has 0 spiro atoms. The molecule has 1 aromatic rings. The van der Waals surface area contributed by atoms with E-state index in [4.69, 9.17) is 28.3 Å². The van der Waals surface area contributed by atoms with Gasteiger partial charge in [0, 0.05) is 6.61 Å². The Balaban J connectivity index is 2.70. The van der Waals surface area contributed by atoms with Gasteiger partial charge in [0.1, 0.15) is 0 Å². The number of aliphatic hydroxyl groups excluding tert-OH is 2. The Bertz CT molecular complexity index is 302. The summed E-state index contributed by atoms with van der Waals surface area (Å²) in [6.45, 7) is 0.0817. The van der Waals surface area contributed by atoms with Gasteiger partial charge in [0.2, 0.25) is 0 Å². The molecular weight excluding hydrogens is 223 g/mol. The Morgan fingerprint density at radius 1 is 1.21 bits per heavy atom. The van der Waals surface area contributed by atoms with Gasteiger partial charge in [0.25, 0.3) is 0 Å². The Labute approximate surface area is 93.1 Å².